The number of rotatable bonds is 11. The quantitative estimate of drug-likeness (QED) is 0.121. The van der Waals surface area contributed by atoms with Crippen molar-refractivity contribution in [1.29, 1.82) is 0 Å². The van der Waals surface area contributed by atoms with E-state index >= 15 is 0 Å². The standard InChI is InChI=1S/C68H42N4.C62H38N4/c1-2-16-43(17-3-1)44-30-34-49(35-31-44)71-64-28-14-12-26-56(64)60-38-45(32-36-66(60)71)46-33-37-67-61(39-46)57-27-13-15-29-65(57)72(67)68-69-62(58-40-47-18-4-6-20-50(47)52-22-8-10-24-54(52)58)42-63(70-68)59-41-48-19-5-7-21-51(48)53-23-9-11-25-55(53)59;1-2-18-43(19-3-1)65-58-28-14-12-26-50(58)54-34-39(30-32-60(54)65)40-31-33-61-55(35-40)51-27-13-15-29-59(51)66(61)62-63-56(52-36-41-16-4-6-20-44(41)46-22-8-10-24-48(46)52)38-57(64-62)53-37-42-17-5-7-21-45(42)47-23-9-11-25-49(47)53/h1-42H;1-38H. The maximum Gasteiger partial charge on any atom is 0.235 e. The lowest BCUT2D eigenvalue weighted by molar-refractivity contribution is 0.996. The summed E-state index contributed by atoms with van der Waals surface area (Å²) in [6.07, 6.45) is 0. The summed E-state index contributed by atoms with van der Waals surface area (Å²) < 4.78 is 9.30. The SMILES string of the molecule is c1ccc(-c2ccc(-n3c4ccccc4c4cc(-c5ccc6c(c5)c5ccccc5n6-c5nc(-c6cc7ccccc7c7ccccc67)cc(-c6cc7ccccc7c7ccccc67)n5)ccc43)cc2)cc1.c1ccc(-n2c3ccccc3c3cc(-c4ccc5c(c4)c4ccccc4n5-c4nc(-c5cc6ccccc6c6ccccc56)cc(-c5cc6ccccc6c6ccccc56)n4)ccc32)cc1. The Hall–Kier alpha value is -18.5. The molecule has 0 saturated heterocycles. The first kappa shape index (κ1) is 78.2. The molecule has 8 heteroatoms. The predicted octanol–water partition coefficient (Wildman–Crippen LogP) is 34.2. The maximum absolute atomic E-state index is 5.61. The summed E-state index contributed by atoms with van der Waals surface area (Å²) >= 11 is 0. The minimum Gasteiger partial charge on any atom is -0.309 e. The number of hydrogen-bond acceptors (Lipinski definition) is 4. The highest BCUT2D eigenvalue weighted by atomic mass is 15.2. The predicted molar refractivity (Wildman–Crippen MR) is 580 cm³/mol. The Bertz CT molecular complexity index is 9850. The van der Waals surface area contributed by atoms with Crippen LogP contribution in [0.15, 0.2) is 485 Å². The lowest BCUT2D eigenvalue weighted by atomic mass is 9.93. The molecule has 8 nitrogen and oxygen atoms in total. The Morgan fingerprint density at radius 2 is 0.333 bits per heavy atom. The molecule has 0 aliphatic heterocycles. The summed E-state index contributed by atoms with van der Waals surface area (Å²) in [6, 6.07) is 176. The van der Waals surface area contributed by atoms with E-state index in [9.17, 15) is 0 Å². The van der Waals surface area contributed by atoms with Gasteiger partial charge in [0.2, 0.25) is 11.9 Å². The molecule has 0 spiro atoms. The zero-order valence-corrected chi connectivity index (χ0v) is 74.8. The van der Waals surface area contributed by atoms with Crippen LogP contribution in [0.2, 0.25) is 0 Å². The molecule has 0 saturated carbocycles. The summed E-state index contributed by atoms with van der Waals surface area (Å²) in [4.78, 5) is 22.4. The van der Waals surface area contributed by atoms with Gasteiger partial charge in [0.15, 0.2) is 0 Å². The van der Waals surface area contributed by atoms with Gasteiger partial charge in [-0.25, -0.2) is 19.9 Å². The van der Waals surface area contributed by atoms with Gasteiger partial charge in [0, 0.05) is 76.7 Å². The van der Waals surface area contributed by atoms with Crippen molar-refractivity contribution in [2.45, 2.75) is 0 Å². The molecule has 0 atom stereocenters. The Kier molecular flexibility index (Phi) is 17.9. The van der Waals surface area contributed by atoms with Gasteiger partial charge in [0.05, 0.1) is 66.9 Å². The minimum absolute atomic E-state index is 0.627. The molecule has 6 heterocycles. The van der Waals surface area contributed by atoms with Gasteiger partial charge in [-0.2, -0.15) is 0 Å². The number of aromatic nitrogens is 8. The van der Waals surface area contributed by atoms with Crippen LogP contribution in [0.5, 0.6) is 0 Å². The van der Waals surface area contributed by atoms with Crippen LogP contribution in [0, 0.1) is 0 Å². The van der Waals surface area contributed by atoms with Gasteiger partial charge in [-0.1, -0.05) is 352 Å². The largest absolute Gasteiger partial charge is 0.309 e. The fraction of sp³-hybridized carbons (Fsp3) is 0. The van der Waals surface area contributed by atoms with Crippen LogP contribution in [0.25, 0.3) is 275 Å². The molecule has 23 aromatic carbocycles. The molecule has 0 amide bonds. The molecule has 0 aliphatic carbocycles. The monoisotopic (exact) mass is 1750 g/mol. The van der Waals surface area contributed by atoms with E-state index in [1.54, 1.807) is 0 Å². The van der Waals surface area contributed by atoms with Gasteiger partial charge >= 0.3 is 0 Å². The summed E-state index contributed by atoms with van der Waals surface area (Å²) in [5, 5.41) is 28.6. The topological polar surface area (TPSA) is 71.3 Å². The van der Waals surface area contributed by atoms with E-state index in [-0.39, 0.29) is 0 Å². The zero-order chi connectivity index (χ0) is 90.6. The Morgan fingerprint density at radius 3 is 0.638 bits per heavy atom. The molecular formula is C130H80N8. The van der Waals surface area contributed by atoms with E-state index in [1.807, 2.05) is 0 Å². The third-order valence-corrected chi connectivity index (χ3v) is 28.6. The fourth-order valence-electron chi connectivity index (χ4n) is 22.3. The lowest BCUT2D eigenvalue weighted by Crippen LogP contribution is -2.04. The Labute approximate surface area is 793 Å². The molecule has 29 rings (SSSR count). The summed E-state index contributed by atoms with van der Waals surface area (Å²) in [7, 11) is 0. The first-order valence-electron chi connectivity index (χ1n) is 47.2. The van der Waals surface area contributed by atoms with Crippen LogP contribution < -0.4 is 0 Å². The summed E-state index contributed by atoms with van der Waals surface area (Å²) in [5.74, 6) is 1.26. The van der Waals surface area contributed by atoms with E-state index in [4.69, 9.17) is 19.9 Å². The number of para-hydroxylation sites is 5. The molecule has 640 valence electrons. The zero-order valence-electron chi connectivity index (χ0n) is 74.8. The normalized spacial score (nSPS) is 11.9. The third-order valence-electron chi connectivity index (χ3n) is 28.6. The van der Waals surface area contributed by atoms with Crippen LogP contribution in [0.1, 0.15) is 0 Å². The Morgan fingerprint density at radius 1 is 0.123 bits per heavy atom. The number of fused-ring (bicyclic) bond motifs is 24. The van der Waals surface area contributed by atoms with Crippen molar-refractivity contribution in [2.24, 2.45) is 0 Å². The second-order valence-electron chi connectivity index (χ2n) is 36.2. The summed E-state index contributed by atoms with van der Waals surface area (Å²) in [5.41, 5.74) is 26.1. The first-order chi connectivity index (χ1) is 68.4. The highest BCUT2D eigenvalue weighted by Gasteiger charge is 2.26. The highest BCUT2D eigenvalue weighted by molar-refractivity contribution is 6.21. The van der Waals surface area contributed by atoms with Crippen LogP contribution in [-0.2, 0) is 0 Å². The average molecular weight is 1750 g/mol. The van der Waals surface area contributed by atoms with Crippen molar-refractivity contribution < 1.29 is 0 Å². The molecule has 0 fully saturated rings. The number of hydrogen-bond donors (Lipinski definition) is 0. The van der Waals surface area contributed by atoms with Gasteiger partial charge in [0.1, 0.15) is 0 Å². The summed E-state index contributed by atoms with van der Waals surface area (Å²) in [6.45, 7) is 0. The lowest BCUT2D eigenvalue weighted by Gasteiger charge is -2.16. The van der Waals surface area contributed by atoms with Crippen molar-refractivity contribution in [2.75, 3.05) is 0 Å². The first-order valence-corrected chi connectivity index (χ1v) is 47.2. The van der Waals surface area contributed by atoms with E-state index in [0.717, 1.165) is 138 Å². The van der Waals surface area contributed by atoms with Crippen LogP contribution in [-0.4, -0.2) is 38.2 Å². The van der Waals surface area contributed by atoms with Crippen LogP contribution in [0.3, 0.4) is 0 Å². The van der Waals surface area contributed by atoms with E-state index in [2.05, 4.69) is 504 Å². The van der Waals surface area contributed by atoms with Crippen molar-refractivity contribution >= 4 is 173 Å². The molecule has 6 aromatic heterocycles. The molecule has 0 bridgehead atoms. The van der Waals surface area contributed by atoms with Crippen LogP contribution >= 0.6 is 0 Å². The smallest absolute Gasteiger partial charge is 0.235 e. The number of benzene rings is 23. The van der Waals surface area contributed by atoms with Gasteiger partial charge in [0.25, 0.3) is 0 Å². The molecule has 138 heavy (non-hydrogen) atoms. The van der Waals surface area contributed by atoms with E-state index in [0.29, 0.717) is 11.9 Å². The molecule has 0 radical (unpaired) electrons. The molecule has 29 aromatic rings. The van der Waals surface area contributed by atoms with Crippen LogP contribution in [0.4, 0.5) is 0 Å². The van der Waals surface area contributed by atoms with E-state index in [1.165, 1.54) is 125 Å². The fourth-order valence-corrected chi connectivity index (χ4v) is 22.3. The molecular weight excluding hydrogens is 1670 g/mol. The maximum atomic E-state index is 5.61. The molecule has 0 aliphatic rings. The van der Waals surface area contributed by atoms with Gasteiger partial charge in [-0.15, -0.1) is 0 Å². The van der Waals surface area contributed by atoms with E-state index < -0.39 is 0 Å². The Balaban J connectivity index is 0.000000137. The van der Waals surface area contributed by atoms with Crippen molar-refractivity contribution in [3.8, 4) is 102 Å². The molecule has 0 N–H and O–H groups in total. The molecule has 0 unspecified atom stereocenters. The van der Waals surface area contributed by atoms with Crippen molar-refractivity contribution in [3.05, 3.63) is 485 Å². The minimum atomic E-state index is 0.627. The number of nitrogens with zero attached hydrogens (tertiary/aromatic N) is 8. The van der Waals surface area contributed by atoms with Crippen molar-refractivity contribution in [3.63, 3.8) is 0 Å². The van der Waals surface area contributed by atoms with Crippen molar-refractivity contribution in [1.82, 2.24) is 38.2 Å². The van der Waals surface area contributed by atoms with Gasteiger partial charge < -0.3 is 9.13 Å². The van der Waals surface area contributed by atoms with Gasteiger partial charge in [-0.05, 0) is 253 Å². The average Bonchev–Trinajstić information content (AvgIpc) is 1.58. The highest BCUT2D eigenvalue weighted by Crippen LogP contribution is 2.47. The second-order valence-corrected chi connectivity index (χ2v) is 36.2. The third kappa shape index (κ3) is 12.6. The van der Waals surface area contributed by atoms with Gasteiger partial charge in [-0.3, -0.25) is 9.13 Å². The second kappa shape index (κ2) is 31.6.